The molecule has 1 saturated carbocycles. The van der Waals surface area contributed by atoms with Crippen LogP contribution in [0.25, 0.3) is 0 Å². The van der Waals surface area contributed by atoms with Crippen LogP contribution < -0.4 is 0 Å². The van der Waals surface area contributed by atoms with Crippen molar-refractivity contribution in [2.75, 3.05) is 13.1 Å². The summed E-state index contributed by atoms with van der Waals surface area (Å²) in [7, 11) is 0. The van der Waals surface area contributed by atoms with Crippen molar-refractivity contribution in [1.82, 2.24) is 4.90 Å². The fraction of sp³-hybridized carbons (Fsp3) is 0.519. The number of ether oxygens (including phenoxy) is 1. The maximum Gasteiger partial charge on any atom is 0.343 e. The Balaban J connectivity index is 1.43. The number of nitrogens with zero attached hydrogens (tertiary/aromatic N) is 1. The van der Waals surface area contributed by atoms with Crippen molar-refractivity contribution in [2.45, 2.75) is 69.6 Å². The van der Waals surface area contributed by atoms with Crippen molar-refractivity contribution >= 4 is 5.97 Å². The first-order valence-electron chi connectivity index (χ1n) is 11.7. The molecule has 1 saturated heterocycles. The number of aliphatic hydroxyl groups is 1. The third kappa shape index (κ3) is 4.42. The van der Waals surface area contributed by atoms with Crippen molar-refractivity contribution in [3.8, 4) is 0 Å². The van der Waals surface area contributed by atoms with E-state index in [9.17, 15) is 9.90 Å². The largest absolute Gasteiger partial charge is 0.460 e. The topological polar surface area (TPSA) is 49.8 Å². The Kier molecular flexibility index (Phi) is 6.49. The van der Waals surface area contributed by atoms with E-state index in [1.807, 2.05) is 36.4 Å². The van der Waals surface area contributed by atoms with Gasteiger partial charge in [-0.3, -0.25) is 4.90 Å². The second-order valence-corrected chi connectivity index (χ2v) is 9.63. The van der Waals surface area contributed by atoms with Gasteiger partial charge in [0.05, 0.1) is 0 Å². The molecule has 0 spiro atoms. The lowest BCUT2D eigenvalue weighted by Crippen LogP contribution is -2.50. The molecule has 166 valence electrons. The van der Waals surface area contributed by atoms with Crippen LogP contribution in [0, 0.1) is 5.92 Å². The number of benzene rings is 2. The van der Waals surface area contributed by atoms with Gasteiger partial charge in [-0.15, -0.1) is 0 Å². The third-order valence-corrected chi connectivity index (χ3v) is 7.46. The smallest absolute Gasteiger partial charge is 0.343 e. The first kappa shape index (κ1) is 22.0. The third-order valence-electron chi connectivity index (χ3n) is 7.46. The summed E-state index contributed by atoms with van der Waals surface area (Å²) < 4.78 is 5.97. The van der Waals surface area contributed by atoms with Gasteiger partial charge in [-0.2, -0.15) is 0 Å². The summed E-state index contributed by atoms with van der Waals surface area (Å²) in [4.78, 5) is 15.8. The molecule has 1 unspecified atom stereocenters. The fourth-order valence-electron chi connectivity index (χ4n) is 5.36. The minimum atomic E-state index is -1.54. The number of likely N-dealkylation sites (tertiary alicyclic amines) is 1. The van der Waals surface area contributed by atoms with Crippen LogP contribution in [-0.2, 0) is 20.7 Å². The molecule has 4 heteroatoms. The average molecular weight is 422 g/mol. The van der Waals surface area contributed by atoms with Crippen LogP contribution in [0.1, 0.15) is 63.5 Å². The summed E-state index contributed by atoms with van der Waals surface area (Å²) in [5, 5.41) is 11.6. The number of rotatable bonds is 6. The van der Waals surface area contributed by atoms with Gasteiger partial charge in [0.1, 0.15) is 6.10 Å². The molecular formula is C27H35NO3. The van der Waals surface area contributed by atoms with Crippen molar-refractivity contribution in [3.05, 3.63) is 71.8 Å². The van der Waals surface area contributed by atoms with Gasteiger partial charge in [0, 0.05) is 24.5 Å². The monoisotopic (exact) mass is 421 g/mol. The van der Waals surface area contributed by atoms with Gasteiger partial charge in [0.25, 0.3) is 0 Å². The Morgan fingerprint density at radius 1 is 0.871 bits per heavy atom. The molecule has 0 aromatic heterocycles. The van der Waals surface area contributed by atoms with Gasteiger partial charge < -0.3 is 9.84 Å². The molecule has 0 bridgehead atoms. The molecule has 4 nitrogen and oxygen atoms in total. The van der Waals surface area contributed by atoms with Crippen LogP contribution in [-0.4, -0.2) is 35.2 Å². The van der Waals surface area contributed by atoms with Gasteiger partial charge in [-0.1, -0.05) is 73.5 Å². The zero-order valence-electron chi connectivity index (χ0n) is 18.8. The predicted molar refractivity (Wildman–Crippen MR) is 122 cm³/mol. The zero-order valence-corrected chi connectivity index (χ0v) is 18.8. The summed E-state index contributed by atoms with van der Waals surface area (Å²) in [6, 6.07) is 19.9. The van der Waals surface area contributed by atoms with E-state index in [-0.39, 0.29) is 17.6 Å². The Morgan fingerprint density at radius 3 is 1.94 bits per heavy atom. The molecule has 2 aliphatic rings. The van der Waals surface area contributed by atoms with E-state index in [4.69, 9.17) is 4.74 Å². The van der Waals surface area contributed by atoms with Gasteiger partial charge in [-0.05, 0) is 50.7 Å². The highest BCUT2D eigenvalue weighted by molar-refractivity contribution is 5.81. The lowest BCUT2D eigenvalue weighted by molar-refractivity contribution is -0.182. The molecule has 4 rings (SSSR count). The molecule has 1 heterocycles. The van der Waals surface area contributed by atoms with E-state index in [1.165, 1.54) is 5.56 Å². The molecule has 2 aromatic carbocycles. The first-order chi connectivity index (χ1) is 14.9. The molecule has 2 aromatic rings. The van der Waals surface area contributed by atoms with E-state index < -0.39 is 11.6 Å². The molecule has 31 heavy (non-hydrogen) atoms. The molecule has 1 aliphatic carbocycles. The highest BCUT2D eigenvalue weighted by atomic mass is 16.6. The number of carbonyl (C=O) groups is 1. The molecule has 2 fully saturated rings. The second kappa shape index (κ2) is 9.13. The summed E-state index contributed by atoms with van der Waals surface area (Å²) in [5.74, 6) is -0.536. The highest BCUT2D eigenvalue weighted by Gasteiger charge is 2.48. The van der Waals surface area contributed by atoms with Crippen LogP contribution >= 0.6 is 0 Å². The summed E-state index contributed by atoms with van der Waals surface area (Å²) in [6.45, 7) is 6.24. The van der Waals surface area contributed by atoms with E-state index in [2.05, 4.69) is 43.0 Å². The van der Waals surface area contributed by atoms with E-state index in [1.54, 1.807) is 0 Å². The predicted octanol–water partition coefficient (Wildman–Crippen LogP) is 5.01. The second-order valence-electron chi connectivity index (χ2n) is 9.63. The first-order valence-corrected chi connectivity index (χ1v) is 11.7. The zero-order chi connectivity index (χ0) is 21.9. The minimum absolute atomic E-state index is 0.0646. The number of hydrogen-bond donors (Lipinski definition) is 1. The summed E-state index contributed by atoms with van der Waals surface area (Å²) in [5.41, 5.74) is 0.350. The van der Waals surface area contributed by atoms with Crippen LogP contribution in [0.3, 0.4) is 0 Å². The molecule has 1 N–H and O–H groups in total. The fourth-order valence-corrected chi connectivity index (χ4v) is 5.36. The Hall–Kier alpha value is -2.17. The van der Waals surface area contributed by atoms with Gasteiger partial charge in [0.2, 0.25) is 0 Å². The van der Waals surface area contributed by atoms with Crippen molar-refractivity contribution < 1.29 is 14.6 Å². The number of carbonyl (C=O) groups excluding carboxylic acids is 1. The van der Waals surface area contributed by atoms with Crippen molar-refractivity contribution in [3.63, 3.8) is 0 Å². The molecular weight excluding hydrogens is 386 g/mol. The van der Waals surface area contributed by atoms with Crippen LogP contribution in [0.4, 0.5) is 0 Å². The van der Waals surface area contributed by atoms with E-state index in [0.717, 1.165) is 51.6 Å². The normalized spacial score (nSPS) is 21.0. The number of piperidine rings is 1. The van der Waals surface area contributed by atoms with Gasteiger partial charge in [-0.25, -0.2) is 4.79 Å². The lowest BCUT2D eigenvalue weighted by Gasteiger charge is -2.43. The molecule has 1 atom stereocenters. The van der Waals surface area contributed by atoms with Crippen LogP contribution in [0.5, 0.6) is 0 Å². The Morgan fingerprint density at radius 2 is 1.39 bits per heavy atom. The Bertz CT molecular complexity index is 853. The van der Waals surface area contributed by atoms with Crippen molar-refractivity contribution in [2.24, 2.45) is 5.92 Å². The van der Waals surface area contributed by atoms with Crippen LogP contribution in [0.2, 0.25) is 0 Å². The summed E-state index contributed by atoms with van der Waals surface area (Å²) in [6.07, 6.45) is 5.27. The molecule has 1 aliphatic heterocycles. The molecule has 0 amide bonds. The number of esters is 1. The Labute approximate surface area is 186 Å². The van der Waals surface area contributed by atoms with E-state index >= 15 is 0 Å². The van der Waals surface area contributed by atoms with Crippen LogP contribution in [0.15, 0.2) is 60.7 Å². The highest BCUT2D eigenvalue weighted by Crippen LogP contribution is 2.42. The number of hydrogen-bond acceptors (Lipinski definition) is 4. The standard InChI is InChI=1S/C27H35NO3/c1-26(2,21-11-5-3-6-12-21)28-19-17-24(18-20-28)31-25(29)27(30,23-15-9-10-16-23)22-13-7-4-8-14-22/h3-8,11-14,23-24,30H,9-10,15-20H2,1-2H3. The maximum atomic E-state index is 13.3. The summed E-state index contributed by atoms with van der Waals surface area (Å²) >= 11 is 0. The van der Waals surface area contributed by atoms with Gasteiger partial charge in [0.15, 0.2) is 5.60 Å². The van der Waals surface area contributed by atoms with E-state index in [0.29, 0.717) is 5.56 Å². The SMILES string of the molecule is CC(C)(c1ccccc1)N1CCC(OC(=O)C(O)(c2ccccc2)C2CCCC2)CC1. The lowest BCUT2D eigenvalue weighted by atomic mass is 9.80. The van der Waals surface area contributed by atoms with Crippen molar-refractivity contribution in [1.29, 1.82) is 0 Å². The quantitative estimate of drug-likeness (QED) is 0.667. The molecule has 0 radical (unpaired) electrons. The maximum absolute atomic E-state index is 13.3. The minimum Gasteiger partial charge on any atom is -0.460 e. The van der Waals surface area contributed by atoms with Gasteiger partial charge >= 0.3 is 5.97 Å². The average Bonchev–Trinajstić information content (AvgIpc) is 3.35.